The molecule has 0 N–H and O–H groups in total. The smallest absolute Gasteiger partial charge is 0.158 e. The van der Waals surface area contributed by atoms with Crippen molar-refractivity contribution in [2.75, 3.05) is 6.61 Å². The van der Waals surface area contributed by atoms with Crippen molar-refractivity contribution >= 4 is 12.3 Å². The molecule has 1 fully saturated rings. The van der Waals surface area contributed by atoms with Crippen molar-refractivity contribution in [1.82, 2.24) is 0 Å². The van der Waals surface area contributed by atoms with E-state index in [1.807, 2.05) is 6.92 Å². The molecule has 0 aliphatic carbocycles. The van der Waals surface area contributed by atoms with Gasteiger partial charge in [-0.1, -0.05) is 0 Å². The van der Waals surface area contributed by atoms with Crippen LogP contribution in [0.2, 0.25) is 0 Å². The molecule has 1 aliphatic rings. The van der Waals surface area contributed by atoms with Crippen LogP contribution in [0.1, 0.15) is 13.3 Å². The van der Waals surface area contributed by atoms with Gasteiger partial charge in [0.1, 0.15) is 0 Å². The molecule has 0 spiro atoms. The lowest BCUT2D eigenvalue weighted by Crippen LogP contribution is -2.11. The SMILES string of the molecule is CC1CCOSO1. The van der Waals surface area contributed by atoms with Crippen LogP contribution in [0.4, 0.5) is 0 Å². The van der Waals surface area contributed by atoms with Crippen LogP contribution in [0.25, 0.3) is 0 Å². The standard InChI is InChI=1S/C4H8O2S/c1-4-2-3-5-7-6-4/h4H,2-3H2,1H3. The number of rotatable bonds is 0. The molecule has 0 radical (unpaired) electrons. The van der Waals surface area contributed by atoms with E-state index in [0.717, 1.165) is 25.4 Å². The molecular formula is C4H8O2S. The quantitative estimate of drug-likeness (QED) is 0.450. The second kappa shape index (κ2) is 2.55. The monoisotopic (exact) mass is 120 g/mol. The minimum atomic E-state index is 0.374. The predicted molar refractivity (Wildman–Crippen MR) is 28.7 cm³/mol. The Balaban J connectivity index is 2.12. The molecule has 0 aromatic rings. The van der Waals surface area contributed by atoms with E-state index in [1.165, 1.54) is 0 Å². The second-order valence-corrected chi connectivity index (χ2v) is 2.15. The van der Waals surface area contributed by atoms with Gasteiger partial charge >= 0.3 is 0 Å². The predicted octanol–water partition coefficient (Wildman–Crippen LogP) is 1.38. The lowest BCUT2D eigenvalue weighted by atomic mass is 10.3. The van der Waals surface area contributed by atoms with E-state index >= 15 is 0 Å². The molecule has 1 heterocycles. The highest BCUT2D eigenvalue weighted by Gasteiger charge is 2.08. The average molecular weight is 120 g/mol. The van der Waals surface area contributed by atoms with Crippen molar-refractivity contribution in [3.8, 4) is 0 Å². The van der Waals surface area contributed by atoms with Gasteiger partial charge in [-0.25, -0.2) is 0 Å². The molecule has 0 aromatic heterocycles. The highest BCUT2D eigenvalue weighted by Crippen LogP contribution is 2.17. The van der Waals surface area contributed by atoms with Crippen molar-refractivity contribution in [2.45, 2.75) is 19.4 Å². The van der Waals surface area contributed by atoms with Crippen LogP contribution < -0.4 is 0 Å². The van der Waals surface area contributed by atoms with Gasteiger partial charge in [0.05, 0.1) is 12.7 Å². The normalized spacial score (nSPS) is 33.0. The van der Waals surface area contributed by atoms with E-state index in [2.05, 4.69) is 0 Å². The van der Waals surface area contributed by atoms with Gasteiger partial charge in [0.2, 0.25) is 0 Å². The first-order valence-corrected chi connectivity index (χ1v) is 3.01. The van der Waals surface area contributed by atoms with E-state index in [4.69, 9.17) is 8.37 Å². The lowest BCUT2D eigenvalue weighted by Gasteiger charge is -2.15. The summed E-state index contributed by atoms with van der Waals surface area (Å²) in [6.45, 7) is 2.86. The molecule has 0 aromatic carbocycles. The second-order valence-electron chi connectivity index (χ2n) is 1.59. The Bertz CT molecular complexity index is 51.7. The molecule has 1 atom stereocenters. The first kappa shape index (κ1) is 5.41. The summed E-state index contributed by atoms with van der Waals surface area (Å²) in [6, 6.07) is 0. The van der Waals surface area contributed by atoms with Crippen molar-refractivity contribution in [1.29, 1.82) is 0 Å². The van der Waals surface area contributed by atoms with Gasteiger partial charge in [-0.15, -0.1) is 0 Å². The molecule has 1 aliphatic heterocycles. The van der Waals surface area contributed by atoms with Crippen LogP contribution in [0, 0.1) is 0 Å². The zero-order valence-corrected chi connectivity index (χ0v) is 5.03. The van der Waals surface area contributed by atoms with Gasteiger partial charge < -0.3 is 0 Å². The van der Waals surface area contributed by atoms with E-state index in [9.17, 15) is 0 Å². The Morgan fingerprint density at radius 3 is 2.86 bits per heavy atom. The van der Waals surface area contributed by atoms with Crippen molar-refractivity contribution < 1.29 is 8.37 Å². The first-order chi connectivity index (χ1) is 3.39. The molecule has 3 heteroatoms. The summed E-state index contributed by atoms with van der Waals surface area (Å²) in [5.74, 6) is 0. The maximum Gasteiger partial charge on any atom is 0.158 e. The molecule has 1 rings (SSSR count). The summed E-state index contributed by atoms with van der Waals surface area (Å²) in [7, 11) is 0. The molecule has 1 saturated heterocycles. The van der Waals surface area contributed by atoms with Crippen LogP contribution in [0.15, 0.2) is 0 Å². The van der Waals surface area contributed by atoms with Crippen LogP contribution in [-0.2, 0) is 8.37 Å². The Hall–Kier alpha value is 0.270. The van der Waals surface area contributed by atoms with Gasteiger partial charge in [-0.05, 0) is 13.3 Å². The van der Waals surface area contributed by atoms with Gasteiger partial charge in [-0.3, -0.25) is 8.37 Å². The van der Waals surface area contributed by atoms with Crippen LogP contribution in [0.5, 0.6) is 0 Å². The average Bonchev–Trinajstić information content (AvgIpc) is 1.69. The van der Waals surface area contributed by atoms with Crippen LogP contribution in [0.3, 0.4) is 0 Å². The molecule has 0 saturated carbocycles. The molecule has 42 valence electrons. The first-order valence-electron chi connectivity index (χ1n) is 2.34. The molecule has 2 nitrogen and oxygen atoms in total. The summed E-state index contributed by atoms with van der Waals surface area (Å²) >= 11 is 1.10. The van der Waals surface area contributed by atoms with Gasteiger partial charge in [0.25, 0.3) is 0 Å². The molecular weight excluding hydrogens is 112 g/mol. The Morgan fingerprint density at radius 2 is 2.57 bits per heavy atom. The van der Waals surface area contributed by atoms with Crippen LogP contribution in [-0.4, -0.2) is 12.7 Å². The minimum Gasteiger partial charge on any atom is -0.291 e. The Kier molecular flexibility index (Phi) is 1.97. The van der Waals surface area contributed by atoms with Gasteiger partial charge in [0.15, 0.2) is 12.3 Å². The summed E-state index contributed by atoms with van der Waals surface area (Å²) in [5, 5.41) is 0. The Morgan fingerprint density at radius 1 is 1.71 bits per heavy atom. The zero-order chi connectivity index (χ0) is 5.11. The van der Waals surface area contributed by atoms with E-state index in [0.29, 0.717) is 6.10 Å². The van der Waals surface area contributed by atoms with E-state index in [-0.39, 0.29) is 0 Å². The topological polar surface area (TPSA) is 18.5 Å². The molecule has 1 unspecified atom stereocenters. The van der Waals surface area contributed by atoms with Crippen LogP contribution >= 0.6 is 12.3 Å². The third-order valence-electron chi connectivity index (χ3n) is 0.859. The van der Waals surface area contributed by atoms with E-state index in [1.54, 1.807) is 0 Å². The molecule has 0 bridgehead atoms. The highest BCUT2D eigenvalue weighted by molar-refractivity contribution is 7.89. The summed E-state index contributed by atoms with van der Waals surface area (Å²) < 4.78 is 9.81. The summed E-state index contributed by atoms with van der Waals surface area (Å²) in [5.41, 5.74) is 0. The summed E-state index contributed by atoms with van der Waals surface area (Å²) in [6.07, 6.45) is 1.39. The fourth-order valence-electron chi connectivity index (χ4n) is 0.391. The third-order valence-corrected chi connectivity index (χ3v) is 1.53. The molecule has 7 heavy (non-hydrogen) atoms. The van der Waals surface area contributed by atoms with Gasteiger partial charge in [-0.2, -0.15) is 0 Å². The maximum atomic E-state index is 4.97. The maximum absolute atomic E-state index is 4.97. The lowest BCUT2D eigenvalue weighted by molar-refractivity contribution is 0.149. The Labute approximate surface area is 47.6 Å². The van der Waals surface area contributed by atoms with Gasteiger partial charge in [0, 0.05) is 0 Å². The summed E-state index contributed by atoms with van der Waals surface area (Å²) in [4.78, 5) is 0. The fraction of sp³-hybridized carbons (Fsp3) is 1.00. The van der Waals surface area contributed by atoms with Crippen molar-refractivity contribution in [2.24, 2.45) is 0 Å². The van der Waals surface area contributed by atoms with E-state index < -0.39 is 0 Å². The fourth-order valence-corrected chi connectivity index (χ4v) is 0.841. The number of hydrogen-bond acceptors (Lipinski definition) is 3. The van der Waals surface area contributed by atoms with Crippen molar-refractivity contribution in [3.05, 3.63) is 0 Å². The highest BCUT2D eigenvalue weighted by atomic mass is 32.2. The largest absolute Gasteiger partial charge is 0.291 e. The zero-order valence-electron chi connectivity index (χ0n) is 4.22. The minimum absolute atomic E-state index is 0.374. The molecule has 0 amide bonds. The third kappa shape index (κ3) is 1.67. The number of hydrogen-bond donors (Lipinski definition) is 0. The van der Waals surface area contributed by atoms with Crippen molar-refractivity contribution in [3.63, 3.8) is 0 Å².